The number of aryl methyl sites for hydroxylation is 2. The number of nitrogens with one attached hydrogen (secondary N) is 2. The molecule has 20 heavy (non-hydrogen) atoms. The first-order chi connectivity index (χ1) is 9.52. The third kappa shape index (κ3) is 2.30. The number of rotatable bonds is 3. The lowest BCUT2D eigenvalue weighted by molar-refractivity contribution is 0.555. The highest BCUT2D eigenvalue weighted by Gasteiger charge is 2.07. The molecule has 0 aliphatic carbocycles. The van der Waals surface area contributed by atoms with E-state index in [1.165, 1.54) is 15.3 Å². The smallest absolute Gasteiger partial charge is 0.408 e. The van der Waals surface area contributed by atoms with E-state index in [2.05, 4.69) is 30.2 Å². The van der Waals surface area contributed by atoms with Gasteiger partial charge in [0.1, 0.15) is 0 Å². The molecule has 0 saturated heterocycles. The molecule has 3 aromatic rings. The second kappa shape index (κ2) is 4.72. The number of benzene rings is 1. The van der Waals surface area contributed by atoms with E-state index in [0.29, 0.717) is 23.3 Å². The minimum atomic E-state index is -0.471. The molecule has 1 aromatic carbocycles. The highest BCUT2D eigenvalue weighted by molar-refractivity contribution is 7.12. The lowest BCUT2D eigenvalue weighted by Gasteiger charge is -2.07. The van der Waals surface area contributed by atoms with E-state index < -0.39 is 5.76 Å². The lowest BCUT2D eigenvalue weighted by Crippen LogP contribution is -2.01. The summed E-state index contributed by atoms with van der Waals surface area (Å²) >= 11 is 1.77. The number of hydrogen-bond donors (Lipinski definition) is 3. The summed E-state index contributed by atoms with van der Waals surface area (Å²) in [6.45, 7) is 4.92. The average molecular weight is 289 g/mol. The summed E-state index contributed by atoms with van der Waals surface area (Å²) in [6, 6.07) is 5.62. The molecule has 0 aliphatic rings. The fraction of sp³-hybridized carbons (Fsp3) is 0.214. The number of aromatic amines is 1. The summed E-state index contributed by atoms with van der Waals surface area (Å²) in [4.78, 5) is 16.3. The molecule has 0 atom stereocenters. The minimum absolute atomic E-state index is 0.471. The topological polar surface area (TPSA) is 84.0 Å². The van der Waals surface area contributed by atoms with Crippen LogP contribution in [0.1, 0.15) is 15.3 Å². The summed E-state index contributed by atoms with van der Waals surface area (Å²) < 4.78 is 4.97. The van der Waals surface area contributed by atoms with Crippen molar-refractivity contribution in [1.29, 1.82) is 0 Å². The van der Waals surface area contributed by atoms with Gasteiger partial charge in [0.15, 0.2) is 5.58 Å². The number of nitrogen functional groups attached to an aromatic ring is 1. The molecule has 4 N–H and O–H groups in total. The molecule has 0 saturated carbocycles. The normalized spacial score (nSPS) is 11.1. The monoisotopic (exact) mass is 289 g/mol. The van der Waals surface area contributed by atoms with Crippen molar-refractivity contribution in [3.8, 4) is 0 Å². The Morgan fingerprint density at radius 1 is 1.35 bits per heavy atom. The van der Waals surface area contributed by atoms with Gasteiger partial charge in [-0.05, 0) is 31.5 Å². The van der Waals surface area contributed by atoms with Crippen molar-refractivity contribution in [1.82, 2.24) is 4.98 Å². The Morgan fingerprint density at radius 2 is 2.15 bits per heavy atom. The van der Waals surface area contributed by atoms with Gasteiger partial charge in [0.25, 0.3) is 0 Å². The number of nitrogens with two attached hydrogens (primary N) is 1. The van der Waals surface area contributed by atoms with Crippen LogP contribution >= 0.6 is 11.3 Å². The van der Waals surface area contributed by atoms with E-state index in [-0.39, 0.29) is 0 Å². The van der Waals surface area contributed by atoms with Gasteiger partial charge in [-0.2, -0.15) is 0 Å². The molecule has 6 heteroatoms. The van der Waals surface area contributed by atoms with E-state index in [0.717, 1.165) is 5.69 Å². The maximum absolute atomic E-state index is 11.1. The van der Waals surface area contributed by atoms with Crippen molar-refractivity contribution in [3.05, 3.63) is 44.1 Å². The van der Waals surface area contributed by atoms with Gasteiger partial charge in [-0.3, -0.25) is 4.98 Å². The number of hydrogen-bond acceptors (Lipinski definition) is 5. The maximum Gasteiger partial charge on any atom is 0.417 e. The van der Waals surface area contributed by atoms with Crippen molar-refractivity contribution in [2.75, 3.05) is 11.1 Å². The van der Waals surface area contributed by atoms with E-state index in [1.807, 2.05) is 0 Å². The van der Waals surface area contributed by atoms with Crippen LogP contribution in [0, 0.1) is 13.8 Å². The summed E-state index contributed by atoms with van der Waals surface area (Å²) in [5.74, 6) is -0.471. The van der Waals surface area contributed by atoms with Crippen molar-refractivity contribution in [3.63, 3.8) is 0 Å². The first-order valence-corrected chi connectivity index (χ1v) is 7.06. The molecule has 0 amide bonds. The number of aromatic nitrogens is 1. The van der Waals surface area contributed by atoms with Crippen LogP contribution in [0.25, 0.3) is 11.1 Å². The van der Waals surface area contributed by atoms with E-state index in [1.54, 1.807) is 23.5 Å². The molecule has 5 nitrogen and oxygen atoms in total. The second-order valence-corrected chi connectivity index (χ2v) is 6.10. The number of fused-ring (bicyclic) bond motifs is 1. The standard InChI is InChI=1S/C14H15N3O2S/c1-7-3-9(20-8(7)2)6-16-11-5-12-13(4-10(11)15)19-14(18)17-12/h3-5,16H,6,15H2,1-2H3,(H,17,18). The quantitative estimate of drug-likeness (QED) is 0.647. The predicted octanol–water partition coefficient (Wildman–Crippen LogP) is 2.99. The Hall–Kier alpha value is -2.21. The van der Waals surface area contributed by atoms with Crippen LogP contribution in [-0.4, -0.2) is 4.98 Å². The predicted molar refractivity (Wildman–Crippen MR) is 82.4 cm³/mol. The van der Waals surface area contributed by atoms with Crippen molar-refractivity contribution in [2.45, 2.75) is 20.4 Å². The van der Waals surface area contributed by atoms with Gasteiger partial charge in [0, 0.05) is 22.4 Å². The molecule has 3 rings (SSSR count). The second-order valence-electron chi connectivity index (χ2n) is 4.76. The van der Waals surface area contributed by atoms with Crippen LogP contribution in [0.2, 0.25) is 0 Å². The van der Waals surface area contributed by atoms with Crippen molar-refractivity contribution >= 4 is 33.8 Å². The zero-order chi connectivity index (χ0) is 14.3. The summed E-state index contributed by atoms with van der Waals surface area (Å²) in [6.07, 6.45) is 0. The van der Waals surface area contributed by atoms with Crippen LogP contribution in [0.15, 0.2) is 27.4 Å². The van der Waals surface area contributed by atoms with Crippen LogP contribution < -0.4 is 16.8 Å². The van der Waals surface area contributed by atoms with Gasteiger partial charge in [-0.15, -0.1) is 11.3 Å². The molecule has 2 aromatic heterocycles. The molecule has 0 aliphatic heterocycles. The van der Waals surface area contributed by atoms with Gasteiger partial charge in [-0.1, -0.05) is 0 Å². The Bertz CT molecular complexity index is 809. The SMILES string of the molecule is Cc1cc(CNc2cc3[nH]c(=O)oc3cc2N)sc1C. The molecule has 0 bridgehead atoms. The van der Waals surface area contributed by atoms with Gasteiger partial charge in [0.2, 0.25) is 0 Å². The lowest BCUT2D eigenvalue weighted by atomic mass is 10.2. The third-order valence-corrected chi connectivity index (χ3v) is 4.41. The van der Waals surface area contributed by atoms with Crippen molar-refractivity contribution < 1.29 is 4.42 Å². The van der Waals surface area contributed by atoms with E-state index >= 15 is 0 Å². The molecule has 2 heterocycles. The summed E-state index contributed by atoms with van der Waals surface area (Å²) in [5.41, 5.74) is 9.73. The van der Waals surface area contributed by atoms with Crippen LogP contribution in [0.3, 0.4) is 0 Å². The molecular weight excluding hydrogens is 274 g/mol. The Kier molecular flexibility index (Phi) is 3.02. The minimum Gasteiger partial charge on any atom is -0.408 e. The fourth-order valence-corrected chi connectivity index (χ4v) is 3.08. The number of thiophene rings is 1. The molecule has 0 spiro atoms. The van der Waals surface area contributed by atoms with Crippen LogP contribution in [-0.2, 0) is 6.54 Å². The van der Waals surface area contributed by atoms with E-state index in [4.69, 9.17) is 10.2 Å². The largest absolute Gasteiger partial charge is 0.417 e. The molecule has 0 radical (unpaired) electrons. The van der Waals surface area contributed by atoms with Crippen LogP contribution in [0.4, 0.5) is 11.4 Å². The number of anilines is 2. The Balaban J connectivity index is 1.86. The third-order valence-electron chi connectivity index (χ3n) is 3.26. The van der Waals surface area contributed by atoms with Crippen molar-refractivity contribution in [2.24, 2.45) is 0 Å². The van der Waals surface area contributed by atoms with Crippen LogP contribution in [0.5, 0.6) is 0 Å². The average Bonchev–Trinajstić information content (AvgIpc) is 2.89. The zero-order valence-corrected chi connectivity index (χ0v) is 12.1. The first-order valence-electron chi connectivity index (χ1n) is 6.25. The zero-order valence-electron chi connectivity index (χ0n) is 11.2. The molecule has 0 fully saturated rings. The number of oxazole rings is 1. The first kappa shape index (κ1) is 12.8. The van der Waals surface area contributed by atoms with Gasteiger partial charge in [-0.25, -0.2) is 4.79 Å². The summed E-state index contributed by atoms with van der Waals surface area (Å²) in [7, 11) is 0. The fourth-order valence-electron chi connectivity index (χ4n) is 2.09. The molecule has 104 valence electrons. The highest BCUT2D eigenvalue weighted by Crippen LogP contribution is 2.26. The van der Waals surface area contributed by atoms with Gasteiger partial charge < -0.3 is 15.5 Å². The number of H-pyrrole nitrogens is 1. The van der Waals surface area contributed by atoms with Gasteiger partial charge in [0.05, 0.1) is 16.9 Å². The highest BCUT2D eigenvalue weighted by atomic mass is 32.1. The molecule has 0 unspecified atom stereocenters. The Labute approximate surface area is 119 Å². The molecular formula is C14H15N3O2S. The maximum atomic E-state index is 11.1. The van der Waals surface area contributed by atoms with E-state index in [9.17, 15) is 4.79 Å². The Morgan fingerprint density at radius 3 is 2.85 bits per heavy atom. The van der Waals surface area contributed by atoms with Gasteiger partial charge >= 0.3 is 5.76 Å². The summed E-state index contributed by atoms with van der Waals surface area (Å²) in [5, 5.41) is 3.29.